The van der Waals surface area contributed by atoms with E-state index in [-0.39, 0.29) is 23.7 Å². The Morgan fingerprint density at radius 1 is 1.16 bits per heavy atom. The van der Waals surface area contributed by atoms with Gasteiger partial charge in [0.1, 0.15) is 6.04 Å². The molecule has 0 bridgehead atoms. The SMILES string of the molecule is CC(=O)N1CCC(C(=O)NC(C(=O)O)C2CC2)CC1. The minimum absolute atomic E-state index is 0.0280. The summed E-state index contributed by atoms with van der Waals surface area (Å²) in [6, 6.07) is -0.738. The molecular weight excluding hydrogens is 248 g/mol. The molecular formula is C13H20N2O4. The maximum Gasteiger partial charge on any atom is 0.326 e. The molecule has 1 aliphatic carbocycles. The van der Waals surface area contributed by atoms with Gasteiger partial charge in [-0.15, -0.1) is 0 Å². The second-order valence-electron chi connectivity index (χ2n) is 5.44. The van der Waals surface area contributed by atoms with E-state index in [1.807, 2.05) is 0 Å². The first-order chi connectivity index (χ1) is 8.99. The number of carboxylic acid groups (broad SMARTS) is 1. The molecule has 2 amide bonds. The van der Waals surface area contributed by atoms with Crippen molar-refractivity contribution in [2.24, 2.45) is 11.8 Å². The minimum atomic E-state index is -0.947. The number of amides is 2. The highest BCUT2D eigenvalue weighted by atomic mass is 16.4. The summed E-state index contributed by atoms with van der Waals surface area (Å²) in [7, 11) is 0. The molecule has 2 N–H and O–H groups in total. The van der Waals surface area contributed by atoms with Crippen LogP contribution in [0.25, 0.3) is 0 Å². The first kappa shape index (κ1) is 13.8. The molecule has 2 aliphatic rings. The van der Waals surface area contributed by atoms with Crippen LogP contribution >= 0.6 is 0 Å². The molecule has 6 nitrogen and oxygen atoms in total. The zero-order chi connectivity index (χ0) is 14.0. The van der Waals surface area contributed by atoms with E-state index in [4.69, 9.17) is 5.11 Å². The minimum Gasteiger partial charge on any atom is -0.480 e. The quantitative estimate of drug-likeness (QED) is 0.764. The number of carbonyl (C=O) groups excluding carboxylic acids is 2. The summed E-state index contributed by atoms with van der Waals surface area (Å²) in [5.74, 6) is -1.17. The number of likely N-dealkylation sites (tertiary alicyclic amines) is 1. The lowest BCUT2D eigenvalue weighted by molar-refractivity contribution is -0.143. The van der Waals surface area contributed by atoms with E-state index in [1.165, 1.54) is 6.92 Å². The fourth-order valence-corrected chi connectivity index (χ4v) is 2.54. The monoisotopic (exact) mass is 268 g/mol. The average Bonchev–Trinajstić information content (AvgIpc) is 3.19. The summed E-state index contributed by atoms with van der Waals surface area (Å²) >= 11 is 0. The van der Waals surface area contributed by atoms with Crippen molar-refractivity contribution >= 4 is 17.8 Å². The molecule has 0 spiro atoms. The van der Waals surface area contributed by atoms with Gasteiger partial charge in [0.15, 0.2) is 0 Å². The van der Waals surface area contributed by atoms with E-state index in [1.54, 1.807) is 4.90 Å². The molecule has 0 radical (unpaired) electrons. The highest BCUT2D eigenvalue weighted by Crippen LogP contribution is 2.33. The molecule has 19 heavy (non-hydrogen) atoms. The third-order valence-corrected chi connectivity index (χ3v) is 3.97. The number of hydrogen-bond donors (Lipinski definition) is 2. The lowest BCUT2D eigenvalue weighted by Gasteiger charge is -2.31. The Morgan fingerprint density at radius 3 is 2.16 bits per heavy atom. The van der Waals surface area contributed by atoms with Crippen LogP contribution < -0.4 is 5.32 Å². The molecule has 0 aromatic heterocycles. The summed E-state index contributed by atoms with van der Waals surface area (Å²) in [6.07, 6.45) is 2.98. The second kappa shape index (κ2) is 5.59. The summed E-state index contributed by atoms with van der Waals surface area (Å²) in [6.45, 7) is 2.68. The molecule has 2 fully saturated rings. The van der Waals surface area contributed by atoms with E-state index >= 15 is 0 Å². The fraction of sp³-hybridized carbons (Fsp3) is 0.769. The third-order valence-electron chi connectivity index (χ3n) is 3.97. The van der Waals surface area contributed by atoms with Crippen molar-refractivity contribution in [1.29, 1.82) is 0 Å². The van der Waals surface area contributed by atoms with Crippen molar-refractivity contribution in [2.45, 2.75) is 38.6 Å². The van der Waals surface area contributed by atoms with Crippen molar-refractivity contribution in [2.75, 3.05) is 13.1 Å². The van der Waals surface area contributed by atoms with Crippen LogP contribution in [0.5, 0.6) is 0 Å². The number of piperidine rings is 1. The number of carbonyl (C=O) groups is 3. The number of nitrogens with one attached hydrogen (secondary N) is 1. The summed E-state index contributed by atoms with van der Waals surface area (Å²) in [5.41, 5.74) is 0. The van der Waals surface area contributed by atoms with Gasteiger partial charge in [0, 0.05) is 25.9 Å². The van der Waals surface area contributed by atoms with Gasteiger partial charge >= 0.3 is 5.97 Å². The highest BCUT2D eigenvalue weighted by Gasteiger charge is 2.38. The lowest BCUT2D eigenvalue weighted by Crippen LogP contribution is -2.48. The van der Waals surface area contributed by atoms with Gasteiger partial charge in [-0.2, -0.15) is 0 Å². The zero-order valence-corrected chi connectivity index (χ0v) is 11.1. The molecule has 106 valence electrons. The van der Waals surface area contributed by atoms with Crippen LogP contribution in [0.2, 0.25) is 0 Å². The maximum atomic E-state index is 12.0. The summed E-state index contributed by atoms with van der Waals surface area (Å²) < 4.78 is 0. The zero-order valence-electron chi connectivity index (χ0n) is 11.1. The first-order valence-corrected chi connectivity index (χ1v) is 6.77. The molecule has 1 saturated heterocycles. The van der Waals surface area contributed by atoms with Crippen LogP contribution in [0.1, 0.15) is 32.6 Å². The normalized spacial score (nSPS) is 21.8. The van der Waals surface area contributed by atoms with Crippen molar-refractivity contribution in [1.82, 2.24) is 10.2 Å². The van der Waals surface area contributed by atoms with Gasteiger partial charge in [0.2, 0.25) is 11.8 Å². The van der Waals surface area contributed by atoms with Crippen molar-refractivity contribution in [3.05, 3.63) is 0 Å². The van der Waals surface area contributed by atoms with Gasteiger partial charge in [-0.1, -0.05) is 0 Å². The van der Waals surface area contributed by atoms with Gasteiger partial charge in [0.25, 0.3) is 0 Å². The molecule has 1 aliphatic heterocycles. The van der Waals surface area contributed by atoms with Crippen LogP contribution in [-0.4, -0.2) is 46.9 Å². The van der Waals surface area contributed by atoms with Gasteiger partial charge in [-0.3, -0.25) is 9.59 Å². The molecule has 1 saturated carbocycles. The number of hydrogen-bond acceptors (Lipinski definition) is 3. The van der Waals surface area contributed by atoms with Crippen LogP contribution in [0, 0.1) is 11.8 Å². The van der Waals surface area contributed by atoms with Gasteiger partial charge < -0.3 is 15.3 Å². The Bertz CT molecular complexity index is 384. The number of rotatable bonds is 4. The Hall–Kier alpha value is -1.59. The Labute approximate surface area is 112 Å². The van der Waals surface area contributed by atoms with E-state index in [0.717, 1.165) is 12.8 Å². The summed E-state index contributed by atoms with van der Waals surface area (Å²) in [5, 5.41) is 11.7. The number of carboxylic acids is 1. The largest absolute Gasteiger partial charge is 0.480 e. The lowest BCUT2D eigenvalue weighted by atomic mass is 9.95. The highest BCUT2D eigenvalue weighted by molar-refractivity contribution is 5.85. The fourth-order valence-electron chi connectivity index (χ4n) is 2.54. The number of aliphatic carboxylic acids is 1. The first-order valence-electron chi connectivity index (χ1n) is 6.77. The Morgan fingerprint density at radius 2 is 1.74 bits per heavy atom. The van der Waals surface area contributed by atoms with E-state index < -0.39 is 12.0 Å². The average molecular weight is 268 g/mol. The van der Waals surface area contributed by atoms with Crippen LogP contribution in [0.4, 0.5) is 0 Å². The molecule has 1 unspecified atom stereocenters. The van der Waals surface area contributed by atoms with Crippen LogP contribution in [0.3, 0.4) is 0 Å². The van der Waals surface area contributed by atoms with Crippen LogP contribution in [0.15, 0.2) is 0 Å². The Balaban J connectivity index is 1.83. The van der Waals surface area contributed by atoms with Gasteiger partial charge in [-0.05, 0) is 31.6 Å². The van der Waals surface area contributed by atoms with Gasteiger partial charge in [-0.25, -0.2) is 4.79 Å². The predicted molar refractivity (Wildman–Crippen MR) is 67.3 cm³/mol. The molecule has 1 heterocycles. The van der Waals surface area contributed by atoms with E-state index in [0.29, 0.717) is 25.9 Å². The standard InChI is InChI=1S/C13H20N2O4/c1-8(16)15-6-4-10(5-7-15)12(17)14-11(13(18)19)9-2-3-9/h9-11H,2-7H2,1H3,(H,14,17)(H,18,19). The van der Waals surface area contributed by atoms with Crippen LogP contribution in [-0.2, 0) is 14.4 Å². The molecule has 1 atom stereocenters. The molecule has 2 rings (SSSR count). The second-order valence-corrected chi connectivity index (χ2v) is 5.44. The van der Waals surface area contributed by atoms with E-state index in [2.05, 4.69) is 5.32 Å². The molecule has 0 aromatic carbocycles. The topological polar surface area (TPSA) is 86.7 Å². The van der Waals surface area contributed by atoms with Gasteiger partial charge in [0.05, 0.1) is 0 Å². The Kier molecular flexibility index (Phi) is 4.07. The van der Waals surface area contributed by atoms with Crippen molar-refractivity contribution < 1.29 is 19.5 Å². The molecule has 0 aromatic rings. The number of nitrogens with zero attached hydrogens (tertiary/aromatic N) is 1. The predicted octanol–water partition coefficient (Wildman–Crippen LogP) is 0.224. The summed E-state index contributed by atoms with van der Waals surface area (Å²) in [4.78, 5) is 36.0. The van der Waals surface area contributed by atoms with Crippen molar-refractivity contribution in [3.8, 4) is 0 Å². The smallest absolute Gasteiger partial charge is 0.326 e. The molecule has 6 heteroatoms. The maximum absolute atomic E-state index is 12.0. The third kappa shape index (κ3) is 3.45. The van der Waals surface area contributed by atoms with E-state index in [9.17, 15) is 14.4 Å². The van der Waals surface area contributed by atoms with Crippen molar-refractivity contribution in [3.63, 3.8) is 0 Å².